The number of amides is 3. The van der Waals surface area contributed by atoms with Gasteiger partial charge in [-0.3, -0.25) is 29.2 Å². The summed E-state index contributed by atoms with van der Waals surface area (Å²) in [6.07, 6.45) is 2.05. The Labute approximate surface area is 347 Å². The summed E-state index contributed by atoms with van der Waals surface area (Å²) >= 11 is 0. The monoisotopic (exact) mass is 808 g/mol. The first-order valence-corrected chi connectivity index (χ1v) is 20.8. The highest BCUT2D eigenvalue weighted by molar-refractivity contribution is 5.96. The fourth-order valence-electron chi connectivity index (χ4n) is 8.71. The zero-order chi connectivity index (χ0) is 42.9. The average Bonchev–Trinajstić information content (AvgIpc) is 3.49. The summed E-state index contributed by atoms with van der Waals surface area (Å²) in [6.45, 7) is 16.6. The standard InChI is InChI=1S/C46H60N6O7/c1-10-51-38-16-15-30-23-34(38)35(41(51)33-13-11-17-47-39(33)26(2)3)24-46(7,8)25-59-45(58)36-14-12-18-52(49-36)44(57)37(21-29-19-31(30)22-32(54)20-29)48-42(55)40(27(4)5)50(9)43(56)28(6)53/h11,13,15-17,19-20,22-23,26-28,36-37,40,49,53-54H,10,12,14,18,21,24-25H2,1-9H3,(H,48,55)/t28?,36-,37-,40-/m0/s1. The fraction of sp³-hybridized carbons (Fsp3) is 0.500. The van der Waals surface area contributed by atoms with Gasteiger partial charge in [-0.15, -0.1) is 0 Å². The molecular formula is C46H60N6O7. The number of aliphatic hydroxyl groups is 1. The van der Waals surface area contributed by atoms with E-state index in [4.69, 9.17) is 9.72 Å². The maximum absolute atomic E-state index is 14.5. The van der Waals surface area contributed by atoms with Crippen LogP contribution in [0.4, 0.5) is 0 Å². The summed E-state index contributed by atoms with van der Waals surface area (Å²) in [7, 11) is 1.45. The van der Waals surface area contributed by atoms with Crippen molar-refractivity contribution >= 4 is 34.6 Å². The number of nitrogens with one attached hydrogen (secondary N) is 2. The number of hydrogen-bond acceptors (Lipinski definition) is 9. The highest BCUT2D eigenvalue weighted by atomic mass is 16.5. The van der Waals surface area contributed by atoms with Gasteiger partial charge in [0.25, 0.3) is 11.8 Å². The number of hydrogen-bond donors (Lipinski definition) is 4. The van der Waals surface area contributed by atoms with Gasteiger partial charge in [-0.05, 0) is 104 Å². The summed E-state index contributed by atoms with van der Waals surface area (Å²) in [6, 6.07) is 12.6. The molecule has 0 saturated carbocycles. The quantitative estimate of drug-likeness (QED) is 0.163. The highest BCUT2D eigenvalue weighted by Gasteiger charge is 2.38. The number of ether oxygens (including phenoxy) is 1. The molecule has 1 unspecified atom stereocenters. The summed E-state index contributed by atoms with van der Waals surface area (Å²) in [5, 5.41) is 26.6. The lowest BCUT2D eigenvalue weighted by Gasteiger charge is -2.37. The van der Waals surface area contributed by atoms with Crippen LogP contribution < -0.4 is 10.7 Å². The molecule has 0 aliphatic carbocycles. The molecule has 1 fully saturated rings. The van der Waals surface area contributed by atoms with Gasteiger partial charge >= 0.3 is 5.97 Å². The number of aromatic nitrogens is 2. The largest absolute Gasteiger partial charge is 0.508 e. The first-order valence-electron chi connectivity index (χ1n) is 20.8. The number of benzene rings is 2. The summed E-state index contributed by atoms with van der Waals surface area (Å²) in [5.41, 5.74) is 10.0. The number of aliphatic hydroxyl groups excluding tert-OH is 1. The van der Waals surface area contributed by atoms with E-state index in [0.717, 1.165) is 44.5 Å². The lowest BCUT2D eigenvalue weighted by atomic mass is 9.83. The minimum absolute atomic E-state index is 0.00383. The van der Waals surface area contributed by atoms with Crippen LogP contribution in [0.5, 0.6) is 5.75 Å². The molecule has 2 aromatic heterocycles. The number of hydrazine groups is 1. The minimum Gasteiger partial charge on any atom is -0.508 e. The van der Waals surface area contributed by atoms with Gasteiger partial charge < -0.3 is 29.7 Å². The summed E-state index contributed by atoms with van der Waals surface area (Å²) < 4.78 is 8.39. The van der Waals surface area contributed by atoms with Gasteiger partial charge in [-0.25, -0.2) is 5.43 Å². The van der Waals surface area contributed by atoms with E-state index in [1.54, 1.807) is 26.0 Å². The van der Waals surface area contributed by atoms with Crippen LogP contribution in [0.25, 0.3) is 33.3 Å². The number of pyridine rings is 1. The van der Waals surface area contributed by atoms with Crippen molar-refractivity contribution in [3.05, 3.63) is 71.5 Å². The molecule has 13 nitrogen and oxygen atoms in total. The second-order valence-electron chi connectivity index (χ2n) is 17.6. The number of esters is 1. The molecule has 59 heavy (non-hydrogen) atoms. The van der Waals surface area contributed by atoms with Crippen LogP contribution >= 0.6 is 0 Å². The topological polar surface area (TPSA) is 166 Å². The van der Waals surface area contributed by atoms with Crippen LogP contribution in [-0.2, 0) is 43.3 Å². The molecule has 3 amide bonds. The number of rotatable bonds is 8. The van der Waals surface area contributed by atoms with Gasteiger partial charge in [0, 0.05) is 54.6 Å². The Kier molecular flexibility index (Phi) is 12.9. The van der Waals surface area contributed by atoms with Crippen LogP contribution in [0.3, 0.4) is 0 Å². The molecule has 2 aromatic carbocycles. The third-order valence-electron chi connectivity index (χ3n) is 11.5. The maximum Gasteiger partial charge on any atom is 0.324 e. The van der Waals surface area contributed by atoms with Gasteiger partial charge in [-0.2, -0.15) is 0 Å². The van der Waals surface area contributed by atoms with E-state index in [9.17, 15) is 29.4 Å². The SMILES string of the molecule is CCn1c(-c2cccnc2C(C)C)c2c3cc(ccc31)-c1cc(O)cc(c1)C[C@H](NC(=O)[C@H](C(C)C)N(C)C(=O)C(C)O)C(=O)N1CCC[C@H](N1)C(=O)OCC(C)(C)C2. The second kappa shape index (κ2) is 17.5. The predicted molar refractivity (Wildman–Crippen MR) is 227 cm³/mol. The first-order chi connectivity index (χ1) is 27.9. The molecule has 2 aliphatic rings. The van der Waals surface area contributed by atoms with Crippen molar-refractivity contribution in [1.82, 2.24) is 30.2 Å². The molecule has 2 aliphatic heterocycles. The summed E-state index contributed by atoms with van der Waals surface area (Å²) in [5.74, 6) is -2.35. The van der Waals surface area contributed by atoms with Crippen molar-refractivity contribution in [1.29, 1.82) is 0 Å². The Morgan fingerprint density at radius 1 is 1.07 bits per heavy atom. The molecule has 4 atom stereocenters. The third kappa shape index (κ3) is 9.16. The van der Waals surface area contributed by atoms with Crippen LogP contribution in [0.2, 0.25) is 0 Å². The Morgan fingerprint density at radius 3 is 2.49 bits per heavy atom. The zero-order valence-electron chi connectivity index (χ0n) is 35.8. The molecule has 6 bridgehead atoms. The molecule has 4 N–H and O–H groups in total. The molecule has 1 saturated heterocycles. The van der Waals surface area contributed by atoms with Crippen molar-refractivity contribution in [3.8, 4) is 28.1 Å². The van der Waals surface area contributed by atoms with Crippen LogP contribution in [-0.4, -0.2) is 97.8 Å². The van der Waals surface area contributed by atoms with Gasteiger partial charge in [0.05, 0.1) is 18.0 Å². The smallest absolute Gasteiger partial charge is 0.324 e. The third-order valence-corrected chi connectivity index (χ3v) is 11.5. The Bertz CT molecular complexity index is 2230. The van der Waals surface area contributed by atoms with Gasteiger partial charge in [-0.1, -0.05) is 53.7 Å². The number of cyclic esters (lactones) is 1. The Balaban J connectivity index is 1.51. The average molecular weight is 809 g/mol. The molecule has 0 spiro atoms. The van der Waals surface area contributed by atoms with Crippen LogP contribution in [0.1, 0.15) is 91.0 Å². The molecule has 4 heterocycles. The van der Waals surface area contributed by atoms with E-state index in [2.05, 4.69) is 68.1 Å². The van der Waals surface area contributed by atoms with Gasteiger partial charge in [0.1, 0.15) is 30.0 Å². The Hall–Kier alpha value is -5.27. The molecular weight excluding hydrogens is 749 g/mol. The van der Waals surface area contributed by atoms with E-state index in [1.807, 2.05) is 24.4 Å². The molecule has 4 aromatic rings. The van der Waals surface area contributed by atoms with E-state index < -0.39 is 53.3 Å². The molecule has 6 rings (SSSR count). The molecule has 13 heteroatoms. The number of phenolic OH excluding ortho intramolecular Hbond substituents is 1. The van der Waals surface area contributed by atoms with Crippen LogP contribution in [0.15, 0.2) is 54.7 Å². The number of nitrogens with zero attached hydrogens (tertiary/aromatic N) is 4. The number of aromatic hydroxyl groups is 1. The van der Waals surface area contributed by atoms with E-state index in [0.29, 0.717) is 31.4 Å². The minimum atomic E-state index is -1.33. The van der Waals surface area contributed by atoms with Gasteiger partial charge in [0.15, 0.2) is 0 Å². The fourth-order valence-corrected chi connectivity index (χ4v) is 8.71. The lowest BCUT2D eigenvalue weighted by molar-refractivity contribution is -0.155. The number of aryl methyl sites for hydroxylation is 1. The second-order valence-corrected chi connectivity index (χ2v) is 17.6. The number of carbonyl (C=O) groups is 4. The molecule has 316 valence electrons. The zero-order valence-corrected chi connectivity index (χ0v) is 35.8. The van der Waals surface area contributed by atoms with E-state index >= 15 is 0 Å². The van der Waals surface area contributed by atoms with E-state index in [-0.39, 0.29) is 37.2 Å². The highest BCUT2D eigenvalue weighted by Crippen LogP contribution is 2.42. The van der Waals surface area contributed by atoms with Crippen molar-refractivity contribution < 1.29 is 34.1 Å². The van der Waals surface area contributed by atoms with Gasteiger partial charge in [0.2, 0.25) is 5.91 Å². The van der Waals surface area contributed by atoms with Crippen molar-refractivity contribution in [3.63, 3.8) is 0 Å². The van der Waals surface area contributed by atoms with E-state index in [1.165, 1.54) is 23.9 Å². The normalized spacial score (nSPS) is 19.6. The van der Waals surface area contributed by atoms with Crippen molar-refractivity contribution in [2.75, 3.05) is 20.2 Å². The number of fused-ring (bicyclic) bond motifs is 6. The number of likely N-dealkylation sites (N-methyl/N-ethyl adjacent to an activating group) is 1. The maximum atomic E-state index is 14.5. The molecule has 0 radical (unpaired) electrons. The van der Waals surface area contributed by atoms with Crippen molar-refractivity contribution in [2.24, 2.45) is 11.3 Å². The van der Waals surface area contributed by atoms with Crippen LogP contribution in [0, 0.1) is 11.3 Å². The first kappa shape index (κ1) is 43.3. The van der Waals surface area contributed by atoms with Crippen molar-refractivity contribution in [2.45, 2.75) is 118 Å². The lowest BCUT2D eigenvalue weighted by Crippen LogP contribution is -2.62. The number of phenols is 1. The summed E-state index contributed by atoms with van der Waals surface area (Å²) in [4.78, 5) is 61.2. The Morgan fingerprint density at radius 2 is 1.81 bits per heavy atom. The number of carbonyl (C=O) groups excluding carboxylic acids is 4. The predicted octanol–water partition coefficient (Wildman–Crippen LogP) is 5.73.